The highest BCUT2D eigenvalue weighted by Crippen LogP contribution is 2.22. The molecule has 0 aliphatic carbocycles. The van der Waals surface area contributed by atoms with Crippen LogP contribution in [0.5, 0.6) is 0 Å². The standard InChI is InChI=1S/C14H18N2O4S/c15-9-12-3-1-2-4-13(12)10-21(18,19)16-14(11-17)5-7-20-8-6-14/h1-4,16-17H,5-8,10-11H2. The molecule has 7 heteroatoms. The summed E-state index contributed by atoms with van der Waals surface area (Å²) in [6, 6.07) is 8.57. The van der Waals surface area contributed by atoms with Gasteiger partial charge < -0.3 is 9.84 Å². The number of hydrogen-bond acceptors (Lipinski definition) is 5. The molecule has 21 heavy (non-hydrogen) atoms. The third-order valence-electron chi connectivity index (χ3n) is 3.61. The molecule has 0 bridgehead atoms. The third kappa shape index (κ3) is 4.02. The lowest BCUT2D eigenvalue weighted by Crippen LogP contribution is -2.54. The molecule has 114 valence electrons. The fourth-order valence-corrected chi connectivity index (χ4v) is 4.04. The number of benzene rings is 1. The van der Waals surface area contributed by atoms with Crippen LogP contribution in [0.4, 0.5) is 0 Å². The number of aliphatic hydroxyl groups excluding tert-OH is 1. The molecule has 0 unspecified atom stereocenters. The third-order valence-corrected chi connectivity index (χ3v) is 5.04. The summed E-state index contributed by atoms with van der Waals surface area (Å²) >= 11 is 0. The van der Waals surface area contributed by atoms with Gasteiger partial charge in [0.25, 0.3) is 0 Å². The number of rotatable bonds is 5. The average molecular weight is 310 g/mol. The van der Waals surface area contributed by atoms with Crippen molar-refractivity contribution >= 4 is 10.0 Å². The van der Waals surface area contributed by atoms with E-state index in [2.05, 4.69) is 4.72 Å². The van der Waals surface area contributed by atoms with Gasteiger partial charge in [0.05, 0.1) is 29.5 Å². The fraction of sp³-hybridized carbons (Fsp3) is 0.500. The normalized spacial score (nSPS) is 18.1. The van der Waals surface area contributed by atoms with Crippen molar-refractivity contribution in [1.29, 1.82) is 5.26 Å². The Kier molecular flexibility index (Phi) is 4.96. The summed E-state index contributed by atoms with van der Waals surface area (Å²) in [5.74, 6) is -0.278. The molecule has 1 heterocycles. The van der Waals surface area contributed by atoms with Crippen LogP contribution >= 0.6 is 0 Å². The van der Waals surface area contributed by atoms with E-state index < -0.39 is 15.6 Å². The Bertz CT molecular complexity index is 631. The van der Waals surface area contributed by atoms with Gasteiger partial charge >= 0.3 is 0 Å². The first kappa shape index (κ1) is 15.9. The molecular weight excluding hydrogens is 292 g/mol. The monoisotopic (exact) mass is 310 g/mol. The van der Waals surface area contributed by atoms with Gasteiger partial charge in [0.2, 0.25) is 10.0 Å². The summed E-state index contributed by atoms with van der Waals surface area (Å²) in [7, 11) is -3.65. The lowest BCUT2D eigenvalue weighted by molar-refractivity contribution is 0.0222. The minimum atomic E-state index is -3.65. The summed E-state index contributed by atoms with van der Waals surface area (Å²) in [4.78, 5) is 0. The van der Waals surface area contributed by atoms with E-state index >= 15 is 0 Å². The predicted octanol–water partition coefficient (Wildman–Crippen LogP) is 0.519. The highest BCUT2D eigenvalue weighted by atomic mass is 32.2. The SMILES string of the molecule is N#Cc1ccccc1CS(=O)(=O)NC1(CO)CCOCC1. The van der Waals surface area contributed by atoms with Gasteiger partial charge in [-0.3, -0.25) is 0 Å². The first-order valence-electron chi connectivity index (χ1n) is 6.68. The molecule has 2 N–H and O–H groups in total. The molecule has 1 aliphatic rings. The van der Waals surface area contributed by atoms with E-state index in [0.717, 1.165) is 0 Å². The first-order chi connectivity index (χ1) is 10.0. The Morgan fingerprint density at radius 3 is 2.62 bits per heavy atom. The van der Waals surface area contributed by atoms with Crippen LogP contribution in [0.3, 0.4) is 0 Å². The van der Waals surface area contributed by atoms with Gasteiger partial charge in [0.1, 0.15) is 0 Å². The van der Waals surface area contributed by atoms with Crippen LogP contribution in [-0.4, -0.2) is 38.9 Å². The summed E-state index contributed by atoms with van der Waals surface area (Å²) in [6.45, 7) is 0.561. The van der Waals surface area contributed by atoms with Gasteiger partial charge in [-0.15, -0.1) is 0 Å². The Morgan fingerprint density at radius 2 is 2.00 bits per heavy atom. The molecular formula is C14H18N2O4S. The smallest absolute Gasteiger partial charge is 0.216 e. The molecule has 0 radical (unpaired) electrons. The van der Waals surface area contributed by atoms with Crippen LogP contribution in [0, 0.1) is 11.3 Å². The second-order valence-electron chi connectivity index (χ2n) is 5.18. The van der Waals surface area contributed by atoms with Gasteiger partial charge in [-0.25, -0.2) is 13.1 Å². The maximum atomic E-state index is 12.3. The predicted molar refractivity (Wildman–Crippen MR) is 76.8 cm³/mol. The summed E-state index contributed by atoms with van der Waals surface area (Å²) in [6.07, 6.45) is 0.866. The lowest BCUT2D eigenvalue weighted by Gasteiger charge is -2.35. The zero-order chi connectivity index (χ0) is 15.3. The Morgan fingerprint density at radius 1 is 1.33 bits per heavy atom. The summed E-state index contributed by atoms with van der Waals surface area (Å²) in [5, 5.41) is 18.5. The minimum Gasteiger partial charge on any atom is -0.394 e. The number of nitrogens with one attached hydrogen (secondary N) is 1. The van der Waals surface area contributed by atoms with E-state index in [1.54, 1.807) is 24.3 Å². The topological polar surface area (TPSA) is 99.4 Å². The molecule has 0 spiro atoms. The number of nitriles is 1. The average Bonchev–Trinajstić information content (AvgIpc) is 2.48. The number of nitrogens with zero attached hydrogens (tertiary/aromatic N) is 1. The molecule has 0 amide bonds. The van der Waals surface area contributed by atoms with E-state index in [1.807, 2.05) is 6.07 Å². The number of hydrogen-bond donors (Lipinski definition) is 2. The van der Waals surface area contributed by atoms with Crippen molar-refractivity contribution in [3.05, 3.63) is 35.4 Å². The second-order valence-corrected chi connectivity index (χ2v) is 6.90. The molecule has 1 aliphatic heterocycles. The van der Waals surface area contributed by atoms with Crippen LogP contribution in [0.1, 0.15) is 24.0 Å². The van der Waals surface area contributed by atoms with E-state index in [-0.39, 0.29) is 12.4 Å². The Balaban J connectivity index is 2.17. The zero-order valence-corrected chi connectivity index (χ0v) is 12.4. The first-order valence-corrected chi connectivity index (χ1v) is 8.34. The van der Waals surface area contributed by atoms with Crippen molar-refractivity contribution < 1.29 is 18.3 Å². The molecule has 1 aromatic rings. The van der Waals surface area contributed by atoms with Crippen LogP contribution in [0.2, 0.25) is 0 Å². The van der Waals surface area contributed by atoms with Crippen LogP contribution < -0.4 is 4.72 Å². The van der Waals surface area contributed by atoms with Crippen molar-refractivity contribution in [2.24, 2.45) is 0 Å². The van der Waals surface area contributed by atoms with Crippen molar-refractivity contribution in [1.82, 2.24) is 4.72 Å². The lowest BCUT2D eigenvalue weighted by atomic mass is 9.93. The molecule has 0 aromatic heterocycles. The zero-order valence-electron chi connectivity index (χ0n) is 11.6. The molecule has 2 rings (SSSR count). The Labute approximate surface area is 124 Å². The summed E-state index contributed by atoms with van der Waals surface area (Å²) in [5.41, 5.74) is -0.0703. The van der Waals surface area contributed by atoms with Crippen molar-refractivity contribution in [2.45, 2.75) is 24.1 Å². The van der Waals surface area contributed by atoms with Gasteiger partial charge in [-0.1, -0.05) is 18.2 Å². The van der Waals surface area contributed by atoms with E-state index in [0.29, 0.717) is 37.2 Å². The number of aliphatic hydroxyl groups is 1. The molecule has 0 saturated carbocycles. The number of sulfonamides is 1. The quantitative estimate of drug-likeness (QED) is 0.826. The van der Waals surface area contributed by atoms with Gasteiger partial charge in [-0.05, 0) is 24.5 Å². The van der Waals surface area contributed by atoms with Crippen LogP contribution in [0.25, 0.3) is 0 Å². The minimum absolute atomic E-state index is 0.268. The molecule has 1 fully saturated rings. The van der Waals surface area contributed by atoms with Crippen LogP contribution in [0.15, 0.2) is 24.3 Å². The van der Waals surface area contributed by atoms with Crippen molar-refractivity contribution in [3.8, 4) is 6.07 Å². The highest BCUT2D eigenvalue weighted by Gasteiger charge is 2.36. The Hall–Kier alpha value is -1.46. The molecule has 0 atom stereocenters. The van der Waals surface area contributed by atoms with E-state index in [4.69, 9.17) is 10.00 Å². The fourth-order valence-electron chi connectivity index (χ4n) is 2.38. The highest BCUT2D eigenvalue weighted by molar-refractivity contribution is 7.88. The molecule has 1 saturated heterocycles. The van der Waals surface area contributed by atoms with Crippen molar-refractivity contribution in [3.63, 3.8) is 0 Å². The molecule has 1 aromatic carbocycles. The largest absolute Gasteiger partial charge is 0.394 e. The van der Waals surface area contributed by atoms with E-state index in [1.165, 1.54) is 0 Å². The summed E-state index contributed by atoms with van der Waals surface area (Å²) < 4.78 is 32.5. The van der Waals surface area contributed by atoms with Gasteiger partial charge in [-0.2, -0.15) is 5.26 Å². The van der Waals surface area contributed by atoms with Gasteiger partial charge in [0.15, 0.2) is 0 Å². The van der Waals surface area contributed by atoms with Crippen LogP contribution in [-0.2, 0) is 20.5 Å². The van der Waals surface area contributed by atoms with Gasteiger partial charge in [0, 0.05) is 13.2 Å². The van der Waals surface area contributed by atoms with E-state index in [9.17, 15) is 13.5 Å². The van der Waals surface area contributed by atoms with Crippen molar-refractivity contribution in [2.75, 3.05) is 19.8 Å². The maximum Gasteiger partial charge on any atom is 0.216 e. The molecule has 6 nitrogen and oxygen atoms in total. The number of ether oxygens (including phenoxy) is 1. The second kappa shape index (κ2) is 6.54. The maximum absolute atomic E-state index is 12.3.